The van der Waals surface area contributed by atoms with Crippen molar-refractivity contribution in [1.82, 2.24) is 10.3 Å². The van der Waals surface area contributed by atoms with Crippen molar-refractivity contribution in [2.75, 3.05) is 5.32 Å². The summed E-state index contributed by atoms with van der Waals surface area (Å²) in [5.74, 6) is -1.09. The van der Waals surface area contributed by atoms with Crippen molar-refractivity contribution in [2.24, 2.45) is 0 Å². The number of urea groups is 1. The first-order valence-corrected chi connectivity index (χ1v) is 4.71. The largest absolute Gasteiger partial charge is 0.480 e. The second-order valence-corrected chi connectivity index (χ2v) is 3.35. The summed E-state index contributed by atoms with van der Waals surface area (Å²) in [6.07, 6.45) is 3.11. The minimum absolute atomic E-state index is 0.553. The molecule has 1 aromatic rings. The first-order chi connectivity index (χ1) is 7.50. The first-order valence-electron chi connectivity index (χ1n) is 4.71. The molecule has 0 saturated heterocycles. The highest BCUT2D eigenvalue weighted by atomic mass is 16.4. The Kier molecular flexibility index (Phi) is 3.82. The second-order valence-electron chi connectivity index (χ2n) is 3.35. The number of aliphatic carboxylic acids is 1. The van der Waals surface area contributed by atoms with Crippen LogP contribution in [0.15, 0.2) is 18.5 Å². The first kappa shape index (κ1) is 12.0. The van der Waals surface area contributed by atoms with E-state index in [4.69, 9.17) is 5.11 Å². The molecular weight excluding hydrogens is 210 g/mol. The molecule has 1 atom stereocenters. The van der Waals surface area contributed by atoms with Crippen molar-refractivity contribution in [2.45, 2.75) is 19.9 Å². The molecule has 6 nitrogen and oxygen atoms in total. The molecule has 1 heterocycles. The summed E-state index contributed by atoms with van der Waals surface area (Å²) < 4.78 is 0. The molecule has 2 amide bonds. The van der Waals surface area contributed by atoms with Crippen LogP contribution in [0.2, 0.25) is 0 Å². The molecule has 16 heavy (non-hydrogen) atoms. The zero-order valence-corrected chi connectivity index (χ0v) is 9.02. The predicted octanol–water partition coefficient (Wildman–Crippen LogP) is 0.985. The Morgan fingerprint density at radius 1 is 1.50 bits per heavy atom. The van der Waals surface area contributed by atoms with Gasteiger partial charge < -0.3 is 15.7 Å². The third kappa shape index (κ3) is 3.23. The Morgan fingerprint density at radius 2 is 2.19 bits per heavy atom. The normalized spacial score (nSPS) is 11.6. The lowest BCUT2D eigenvalue weighted by Crippen LogP contribution is -2.40. The standard InChI is InChI=1S/C10H13N3O3/c1-6-3-4-11-5-8(6)13-10(16)12-7(2)9(14)15/h3-5,7H,1-2H3,(H,14,15)(H2,12,13,16). The average Bonchev–Trinajstić information content (AvgIpc) is 2.21. The molecule has 0 aliphatic carbocycles. The zero-order valence-electron chi connectivity index (χ0n) is 9.02. The number of carbonyl (C=O) groups is 2. The fourth-order valence-corrected chi connectivity index (χ4v) is 1.01. The van der Waals surface area contributed by atoms with Crippen LogP contribution in [0.25, 0.3) is 0 Å². The van der Waals surface area contributed by atoms with Gasteiger partial charge in [-0.2, -0.15) is 0 Å². The number of anilines is 1. The number of hydrogen-bond donors (Lipinski definition) is 3. The number of carbonyl (C=O) groups excluding carboxylic acids is 1. The number of rotatable bonds is 3. The third-order valence-corrected chi connectivity index (χ3v) is 2.01. The number of amides is 2. The van der Waals surface area contributed by atoms with Crippen molar-refractivity contribution >= 4 is 17.7 Å². The highest BCUT2D eigenvalue weighted by Gasteiger charge is 2.14. The lowest BCUT2D eigenvalue weighted by Gasteiger charge is -2.11. The number of nitrogens with one attached hydrogen (secondary N) is 2. The lowest BCUT2D eigenvalue weighted by molar-refractivity contribution is -0.138. The van der Waals surface area contributed by atoms with E-state index < -0.39 is 18.0 Å². The van der Waals surface area contributed by atoms with Crippen LogP contribution in [0.5, 0.6) is 0 Å². The third-order valence-electron chi connectivity index (χ3n) is 2.01. The van der Waals surface area contributed by atoms with Gasteiger partial charge in [-0.25, -0.2) is 4.79 Å². The Bertz CT molecular complexity index is 406. The Hall–Kier alpha value is -2.11. The Balaban J connectivity index is 2.59. The minimum Gasteiger partial charge on any atom is -0.480 e. The molecule has 0 aliphatic heterocycles. The maximum absolute atomic E-state index is 11.4. The van der Waals surface area contributed by atoms with Gasteiger partial charge in [0.15, 0.2) is 0 Å². The summed E-state index contributed by atoms with van der Waals surface area (Å²) in [4.78, 5) is 25.7. The molecule has 86 valence electrons. The van der Waals surface area contributed by atoms with E-state index in [0.29, 0.717) is 5.69 Å². The Labute approximate surface area is 92.7 Å². The number of aromatic nitrogens is 1. The second kappa shape index (κ2) is 5.11. The van der Waals surface area contributed by atoms with Gasteiger partial charge in [-0.15, -0.1) is 0 Å². The molecule has 3 N–H and O–H groups in total. The van der Waals surface area contributed by atoms with Crippen molar-refractivity contribution in [1.29, 1.82) is 0 Å². The van der Waals surface area contributed by atoms with Gasteiger partial charge in [0.1, 0.15) is 6.04 Å². The van der Waals surface area contributed by atoms with E-state index in [0.717, 1.165) is 5.56 Å². The van der Waals surface area contributed by atoms with Crippen LogP contribution in [0.3, 0.4) is 0 Å². The SMILES string of the molecule is Cc1ccncc1NC(=O)NC(C)C(=O)O. The van der Waals surface area contributed by atoms with Gasteiger partial charge in [0, 0.05) is 6.20 Å². The monoisotopic (exact) mass is 223 g/mol. The summed E-state index contributed by atoms with van der Waals surface area (Å²) in [6.45, 7) is 3.20. The number of carboxylic acids is 1. The van der Waals surface area contributed by atoms with Crippen LogP contribution in [0.4, 0.5) is 10.5 Å². The van der Waals surface area contributed by atoms with Crippen molar-refractivity contribution < 1.29 is 14.7 Å². The zero-order chi connectivity index (χ0) is 12.1. The molecule has 1 rings (SSSR count). The molecule has 6 heteroatoms. The van der Waals surface area contributed by atoms with Crippen LogP contribution in [0, 0.1) is 6.92 Å². The van der Waals surface area contributed by atoms with E-state index in [9.17, 15) is 9.59 Å². The number of carboxylic acid groups (broad SMARTS) is 1. The van der Waals surface area contributed by atoms with E-state index in [1.54, 1.807) is 12.3 Å². The van der Waals surface area contributed by atoms with Crippen LogP contribution in [0.1, 0.15) is 12.5 Å². The highest BCUT2D eigenvalue weighted by Crippen LogP contribution is 2.10. The van der Waals surface area contributed by atoms with Gasteiger partial charge in [0.2, 0.25) is 0 Å². The lowest BCUT2D eigenvalue weighted by atomic mass is 10.2. The predicted molar refractivity (Wildman–Crippen MR) is 58.2 cm³/mol. The summed E-state index contributed by atoms with van der Waals surface area (Å²) in [5, 5.41) is 13.4. The van der Waals surface area contributed by atoms with E-state index >= 15 is 0 Å². The van der Waals surface area contributed by atoms with Crippen molar-refractivity contribution in [3.8, 4) is 0 Å². The number of hydrogen-bond acceptors (Lipinski definition) is 3. The van der Waals surface area contributed by atoms with Crippen molar-refractivity contribution in [3.63, 3.8) is 0 Å². The quantitative estimate of drug-likeness (QED) is 0.712. The molecule has 0 aromatic carbocycles. The number of pyridine rings is 1. The summed E-state index contributed by atoms with van der Waals surface area (Å²) >= 11 is 0. The summed E-state index contributed by atoms with van der Waals surface area (Å²) in [5.41, 5.74) is 1.41. The van der Waals surface area contributed by atoms with Crippen molar-refractivity contribution in [3.05, 3.63) is 24.0 Å². The molecular formula is C10H13N3O3. The minimum atomic E-state index is -1.09. The molecule has 0 spiro atoms. The molecule has 0 fully saturated rings. The van der Waals surface area contributed by atoms with Gasteiger partial charge in [-0.3, -0.25) is 9.78 Å². The van der Waals surface area contributed by atoms with Gasteiger partial charge in [-0.1, -0.05) is 0 Å². The van der Waals surface area contributed by atoms with Crippen LogP contribution in [-0.2, 0) is 4.79 Å². The number of aryl methyl sites for hydroxylation is 1. The maximum atomic E-state index is 11.4. The molecule has 0 bridgehead atoms. The highest BCUT2D eigenvalue weighted by molar-refractivity contribution is 5.92. The van der Waals surface area contributed by atoms with Gasteiger partial charge in [0.05, 0.1) is 11.9 Å². The topological polar surface area (TPSA) is 91.3 Å². The van der Waals surface area contributed by atoms with E-state index in [-0.39, 0.29) is 0 Å². The Morgan fingerprint density at radius 3 is 2.75 bits per heavy atom. The fourth-order valence-electron chi connectivity index (χ4n) is 1.01. The van der Waals surface area contributed by atoms with Crippen LogP contribution < -0.4 is 10.6 Å². The summed E-state index contributed by atoms with van der Waals surface area (Å²) in [7, 11) is 0. The van der Waals surface area contributed by atoms with Gasteiger partial charge >= 0.3 is 12.0 Å². The average molecular weight is 223 g/mol. The molecule has 0 aliphatic rings. The maximum Gasteiger partial charge on any atom is 0.325 e. The van der Waals surface area contributed by atoms with E-state index in [1.165, 1.54) is 13.1 Å². The van der Waals surface area contributed by atoms with Crippen LogP contribution >= 0.6 is 0 Å². The van der Waals surface area contributed by atoms with Crippen LogP contribution in [-0.4, -0.2) is 28.1 Å². The van der Waals surface area contributed by atoms with E-state index in [2.05, 4.69) is 15.6 Å². The fraction of sp³-hybridized carbons (Fsp3) is 0.300. The summed E-state index contributed by atoms with van der Waals surface area (Å²) in [6, 6.07) is 0.249. The molecule has 1 aromatic heterocycles. The van der Waals surface area contributed by atoms with Gasteiger partial charge in [0.25, 0.3) is 0 Å². The number of nitrogens with zero attached hydrogens (tertiary/aromatic N) is 1. The smallest absolute Gasteiger partial charge is 0.325 e. The van der Waals surface area contributed by atoms with E-state index in [1.807, 2.05) is 6.92 Å². The van der Waals surface area contributed by atoms with Gasteiger partial charge in [-0.05, 0) is 25.5 Å². The molecule has 0 saturated carbocycles. The molecule has 1 unspecified atom stereocenters. The molecule has 0 radical (unpaired) electrons.